The van der Waals surface area contributed by atoms with Crippen molar-refractivity contribution in [3.63, 3.8) is 0 Å². The Morgan fingerprint density at radius 2 is 2.08 bits per heavy atom. The molecule has 1 heterocycles. The summed E-state index contributed by atoms with van der Waals surface area (Å²) in [5.74, 6) is -0.347. The molecule has 0 bridgehead atoms. The van der Waals surface area contributed by atoms with E-state index in [4.69, 9.17) is 11.6 Å². The van der Waals surface area contributed by atoms with Gasteiger partial charge in [0, 0.05) is 10.8 Å². The second-order valence-corrected chi connectivity index (χ2v) is 10.6. The van der Waals surface area contributed by atoms with Gasteiger partial charge in [-0.15, -0.1) is 0 Å². The van der Waals surface area contributed by atoms with Gasteiger partial charge in [-0.3, -0.25) is 9.79 Å². The Hall–Kier alpha value is -1.12. The SMILES string of the molecule is CC(C)(C(=O)NC1=NC(C2CC2)CS1)S(=O)(=O)c1ccc(Cl)cc1F. The van der Waals surface area contributed by atoms with Crippen LogP contribution in [0.15, 0.2) is 28.1 Å². The quantitative estimate of drug-likeness (QED) is 0.836. The number of carbonyl (C=O) groups is 1. The Kier molecular flexibility index (Phi) is 4.89. The highest BCUT2D eigenvalue weighted by molar-refractivity contribution is 8.14. The van der Waals surface area contributed by atoms with Gasteiger partial charge in [0.1, 0.15) is 15.5 Å². The highest BCUT2D eigenvalue weighted by atomic mass is 35.5. The molecule has 0 radical (unpaired) electrons. The summed E-state index contributed by atoms with van der Waals surface area (Å²) < 4.78 is 37.8. The molecule has 1 N–H and O–H groups in total. The zero-order valence-corrected chi connectivity index (χ0v) is 16.1. The van der Waals surface area contributed by atoms with Crippen molar-refractivity contribution in [3.8, 4) is 0 Å². The van der Waals surface area contributed by atoms with Gasteiger partial charge in [0.25, 0.3) is 0 Å². The molecule has 1 aromatic rings. The van der Waals surface area contributed by atoms with Crippen molar-refractivity contribution in [1.29, 1.82) is 0 Å². The van der Waals surface area contributed by atoms with Crippen LogP contribution in [-0.2, 0) is 14.6 Å². The number of hydrogen-bond acceptors (Lipinski definition) is 5. The summed E-state index contributed by atoms with van der Waals surface area (Å²) >= 11 is 7.08. The lowest BCUT2D eigenvalue weighted by Gasteiger charge is -2.24. The molecule has 1 fully saturated rings. The maximum absolute atomic E-state index is 14.1. The molecular formula is C16H18ClFN2O3S2. The third-order valence-corrected chi connectivity index (χ3v) is 8.13. The minimum absolute atomic E-state index is 0.0848. The minimum Gasteiger partial charge on any atom is -0.304 e. The molecule has 0 saturated heterocycles. The molecule has 1 amide bonds. The van der Waals surface area contributed by atoms with Crippen molar-refractivity contribution >= 4 is 44.3 Å². The summed E-state index contributed by atoms with van der Waals surface area (Å²) in [6.07, 6.45) is 2.29. The first-order valence-corrected chi connectivity index (χ1v) is 10.7. The fourth-order valence-corrected chi connectivity index (χ4v) is 5.13. The number of nitrogens with one attached hydrogen (secondary N) is 1. The summed E-state index contributed by atoms with van der Waals surface area (Å²) in [5, 5.41) is 3.10. The van der Waals surface area contributed by atoms with E-state index < -0.39 is 31.2 Å². The second kappa shape index (κ2) is 6.55. The monoisotopic (exact) mass is 404 g/mol. The molecule has 1 atom stereocenters. The van der Waals surface area contributed by atoms with Crippen LogP contribution in [0, 0.1) is 11.7 Å². The molecule has 1 aliphatic carbocycles. The van der Waals surface area contributed by atoms with Crippen molar-refractivity contribution in [3.05, 3.63) is 29.0 Å². The van der Waals surface area contributed by atoms with Gasteiger partial charge in [0.05, 0.1) is 6.04 Å². The third-order valence-electron chi connectivity index (χ3n) is 4.46. The number of benzene rings is 1. The lowest BCUT2D eigenvalue weighted by molar-refractivity contribution is -0.121. The molecule has 0 spiro atoms. The second-order valence-electron chi connectivity index (χ2n) is 6.69. The number of hydrogen-bond donors (Lipinski definition) is 1. The zero-order valence-electron chi connectivity index (χ0n) is 13.8. The molecule has 1 unspecified atom stereocenters. The summed E-state index contributed by atoms with van der Waals surface area (Å²) in [4.78, 5) is 16.5. The van der Waals surface area contributed by atoms with E-state index in [9.17, 15) is 17.6 Å². The van der Waals surface area contributed by atoms with Crippen LogP contribution in [0.25, 0.3) is 0 Å². The first kappa shape index (κ1) is 18.7. The van der Waals surface area contributed by atoms with E-state index in [0.717, 1.165) is 30.7 Å². The van der Waals surface area contributed by atoms with Crippen molar-refractivity contribution in [2.24, 2.45) is 10.9 Å². The molecule has 1 aliphatic heterocycles. The molecule has 3 rings (SSSR count). The normalized spacial score (nSPS) is 21.1. The highest BCUT2D eigenvalue weighted by Gasteiger charge is 2.45. The van der Waals surface area contributed by atoms with Crippen molar-refractivity contribution < 1.29 is 17.6 Å². The Bertz CT molecular complexity index is 851. The molecule has 1 aromatic carbocycles. The number of aliphatic imine (C=N–C) groups is 1. The molecule has 25 heavy (non-hydrogen) atoms. The highest BCUT2D eigenvalue weighted by Crippen LogP contribution is 2.38. The van der Waals surface area contributed by atoms with Crippen LogP contribution in [0.3, 0.4) is 0 Å². The van der Waals surface area contributed by atoms with Crippen LogP contribution in [-0.4, -0.2) is 36.0 Å². The first-order chi connectivity index (χ1) is 11.6. The fraction of sp³-hybridized carbons (Fsp3) is 0.500. The van der Waals surface area contributed by atoms with E-state index in [2.05, 4.69) is 10.3 Å². The smallest absolute Gasteiger partial charge is 0.247 e. The summed E-state index contributed by atoms with van der Waals surface area (Å²) in [7, 11) is -4.25. The van der Waals surface area contributed by atoms with Crippen molar-refractivity contribution in [2.45, 2.75) is 42.4 Å². The van der Waals surface area contributed by atoms with E-state index in [-0.39, 0.29) is 11.1 Å². The number of amides is 1. The molecule has 0 aromatic heterocycles. The van der Waals surface area contributed by atoms with Gasteiger partial charge in [-0.2, -0.15) is 0 Å². The van der Waals surface area contributed by atoms with Crippen molar-refractivity contribution in [2.75, 3.05) is 5.75 Å². The maximum atomic E-state index is 14.1. The number of thioether (sulfide) groups is 1. The van der Waals surface area contributed by atoms with Crippen LogP contribution >= 0.6 is 23.4 Å². The van der Waals surface area contributed by atoms with Gasteiger partial charge < -0.3 is 5.32 Å². The van der Waals surface area contributed by atoms with Crippen LogP contribution in [0.2, 0.25) is 5.02 Å². The number of nitrogens with zero attached hydrogens (tertiary/aromatic N) is 1. The Morgan fingerprint density at radius 1 is 1.40 bits per heavy atom. The Labute approximate surface area is 155 Å². The van der Waals surface area contributed by atoms with Crippen LogP contribution in [0.4, 0.5) is 4.39 Å². The average Bonchev–Trinajstić information content (AvgIpc) is 3.27. The Balaban J connectivity index is 1.81. The molecule has 9 heteroatoms. The summed E-state index contributed by atoms with van der Waals surface area (Å²) in [6.45, 7) is 2.51. The first-order valence-electron chi connectivity index (χ1n) is 7.84. The van der Waals surface area contributed by atoms with E-state index in [1.54, 1.807) is 0 Å². The predicted octanol–water partition coefficient (Wildman–Crippen LogP) is 3.03. The minimum atomic E-state index is -4.25. The average molecular weight is 405 g/mol. The van der Waals surface area contributed by atoms with Crippen LogP contribution < -0.4 is 5.32 Å². The van der Waals surface area contributed by atoms with Gasteiger partial charge in [-0.05, 0) is 50.8 Å². The third kappa shape index (κ3) is 3.57. The standard InChI is InChI=1S/C16H18ClFN2O3S2/c1-16(2,25(22,23)13-6-5-10(17)7-11(13)18)14(21)20-15-19-12(8-24-15)9-3-4-9/h5-7,9,12H,3-4,8H2,1-2H3,(H,19,20,21). The summed E-state index contributed by atoms with van der Waals surface area (Å²) in [6, 6.07) is 3.46. The fourth-order valence-electron chi connectivity index (χ4n) is 2.52. The number of carbonyl (C=O) groups excluding carboxylic acids is 1. The molecule has 1 saturated carbocycles. The maximum Gasteiger partial charge on any atom is 0.247 e. The largest absolute Gasteiger partial charge is 0.304 e. The number of rotatable bonds is 4. The van der Waals surface area contributed by atoms with Gasteiger partial charge in [0.15, 0.2) is 15.0 Å². The van der Waals surface area contributed by atoms with Gasteiger partial charge in [-0.1, -0.05) is 23.4 Å². The topological polar surface area (TPSA) is 75.6 Å². The summed E-state index contributed by atoms with van der Waals surface area (Å²) in [5.41, 5.74) is 0. The molecular weight excluding hydrogens is 387 g/mol. The molecule has 5 nitrogen and oxygen atoms in total. The number of sulfone groups is 1. The van der Waals surface area contributed by atoms with Crippen LogP contribution in [0.1, 0.15) is 26.7 Å². The van der Waals surface area contributed by atoms with E-state index in [0.29, 0.717) is 11.1 Å². The number of halogens is 2. The lowest BCUT2D eigenvalue weighted by atomic mass is 10.2. The van der Waals surface area contributed by atoms with E-state index in [1.807, 2.05) is 0 Å². The molecule has 136 valence electrons. The van der Waals surface area contributed by atoms with Gasteiger partial charge in [0.2, 0.25) is 5.91 Å². The molecule has 2 aliphatic rings. The Morgan fingerprint density at radius 3 is 2.68 bits per heavy atom. The zero-order chi connectivity index (χ0) is 18.4. The van der Waals surface area contributed by atoms with Crippen LogP contribution in [0.5, 0.6) is 0 Å². The van der Waals surface area contributed by atoms with Crippen molar-refractivity contribution in [1.82, 2.24) is 5.32 Å². The number of amidine groups is 1. The lowest BCUT2D eigenvalue weighted by Crippen LogP contribution is -2.49. The van der Waals surface area contributed by atoms with E-state index in [1.165, 1.54) is 31.7 Å². The predicted molar refractivity (Wildman–Crippen MR) is 97.2 cm³/mol. The van der Waals surface area contributed by atoms with Gasteiger partial charge in [-0.25, -0.2) is 12.8 Å². The van der Waals surface area contributed by atoms with Gasteiger partial charge >= 0.3 is 0 Å². The van der Waals surface area contributed by atoms with E-state index >= 15 is 0 Å².